The summed E-state index contributed by atoms with van der Waals surface area (Å²) in [7, 11) is 3.81. The predicted molar refractivity (Wildman–Crippen MR) is 180 cm³/mol. The summed E-state index contributed by atoms with van der Waals surface area (Å²) < 4.78 is 6.09. The fraction of sp³-hybridized carbons (Fsp3) is 0.389. The molecule has 1 fully saturated rings. The first-order valence-corrected chi connectivity index (χ1v) is 15.8. The number of unbranched alkanes of at least 4 members (excludes halogenated alkanes) is 2. The third kappa shape index (κ3) is 9.53. The van der Waals surface area contributed by atoms with Crippen LogP contribution in [0.3, 0.4) is 0 Å². The monoisotopic (exact) mass is 611 g/mol. The number of carbonyl (C=O) groups excluding carboxylic acids is 3. The molecular formula is C36H45N5O4. The van der Waals surface area contributed by atoms with Crippen molar-refractivity contribution in [1.82, 2.24) is 9.80 Å². The molecule has 3 aromatic rings. The van der Waals surface area contributed by atoms with Crippen LogP contribution in [0.1, 0.15) is 58.4 Å². The van der Waals surface area contributed by atoms with Crippen LogP contribution in [-0.2, 0) is 11.2 Å². The van der Waals surface area contributed by atoms with Crippen LogP contribution in [0.25, 0.3) is 0 Å². The standard InChI is InChI=1S/C36H45N5O4/c1-39-22-24-41(25-23-39)31(27-42)13-8-10-26-45-34-16-6-5-15-33(34)40(2)36(44)29-17-19-30(20-18-29)38-35(43)32-14-4-3-11-28(32)12-7-9-21-37/h3-6,11,14-20H,7-10,12-13,21-26,37H2,1-2H3,(H,38,43). The molecule has 0 saturated carbocycles. The number of nitrogens with two attached hydrogens (primary N) is 1. The smallest absolute Gasteiger partial charge is 0.258 e. The zero-order valence-corrected chi connectivity index (χ0v) is 26.5. The minimum absolute atomic E-state index is 0.182. The van der Waals surface area contributed by atoms with Gasteiger partial charge in [0.1, 0.15) is 11.7 Å². The van der Waals surface area contributed by atoms with Crippen molar-refractivity contribution >= 4 is 29.1 Å². The maximum Gasteiger partial charge on any atom is 0.258 e. The molecule has 238 valence electrons. The van der Waals surface area contributed by atoms with Gasteiger partial charge in [-0.15, -0.1) is 0 Å². The fourth-order valence-electron chi connectivity index (χ4n) is 5.40. The Balaban J connectivity index is 1.30. The van der Waals surface area contributed by atoms with E-state index in [1.165, 1.54) is 0 Å². The van der Waals surface area contributed by atoms with E-state index >= 15 is 0 Å². The lowest BCUT2D eigenvalue weighted by atomic mass is 10.0. The Kier molecular flexibility index (Phi) is 12.8. The third-order valence-electron chi connectivity index (χ3n) is 8.15. The number of carbonyl (C=O) groups is 2. The largest absolute Gasteiger partial charge is 0.491 e. The van der Waals surface area contributed by atoms with Crippen molar-refractivity contribution in [3.8, 4) is 5.75 Å². The van der Waals surface area contributed by atoms with Gasteiger partial charge in [0.2, 0.25) is 0 Å². The maximum absolute atomic E-state index is 13.4. The molecule has 1 aliphatic heterocycles. The zero-order valence-electron chi connectivity index (χ0n) is 26.5. The Labute approximate surface area is 266 Å². The molecule has 0 atom stereocenters. The van der Waals surface area contributed by atoms with Crippen LogP contribution in [0, 0.1) is 0 Å². The van der Waals surface area contributed by atoms with E-state index in [2.05, 4.69) is 28.1 Å². The lowest BCUT2D eigenvalue weighted by Gasteiger charge is -2.34. The van der Waals surface area contributed by atoms with Gasteiger partial charge in [0.15, 0.2) is 0 Å². The average Bonchev–Trinajstić information content (AvgIpc) is 3.07. The normalized spacial score (nSPS) is 13.2. The number of rotatable bonds is 15. The highest BCUT2D eigenvalue weighted by Gasteiger charge is 2.19. The van der Waals surface area contributed by atoms with Gasteiger partial charge in [-0.2, -0.15) is 0 Å². The molecular weight excluding hydrogens is 566 g/mol. The highest BCUT2D eigenvalue weighted by Crippen LogP contribution is 2.29. The topological polar surface area (TPSA) is 108 Å². The Morgan fingerprint density at radius 2 is 1.62 bits per heavy atom. The summed E-state index contributed by atoms with van der Waals surface area (Å²) in [5.41, 5.74) is 9.76. The molecule has 45 heavy (non-hydrogen) atoms. The molecule has 0 aliphatic carbocycles. The molecule has 1 heterocycles. The van der Waals surface area contributed by atoms with Crippen LogP contribution in [-0.4, -0.2) is 81.0 Å². The van der Waals surface area contributed by atoms with E-state index in [1.54, 1.807) is 36.2 Å². The number of nitrogens with one attached hydrogen (secondary N) is 1. The molecule has 1 saturated heterocycles. The van der Waals surface area contributed by atoms with Gasteiger partial charge in [0.05, 0.1) is 18.0 Å². The second kappa shape index (κ2) is 17.2. The van der Waals surface area contributed by atoms with Crippen molar-refractivity contribution in [3.05, 3.63) is 95.2 Å². The minimum atomic E-state index is -0.192. The molecule has 9 heteroatoms. The maximum atomic E-state index is 13.4. The van der Waals surface area contributed by atoms with Gasteiger partial charge in [-0.25, -0.2) is 4.79 Å². The average molecular weight is 612 g/mol. The molecule has 9 nitrogen and oxygen atoms in total. The lowest BCUT2D eigenvalue weighted by Crippen LogP contribution is -2.44. The number of likely N-dealkylation sites (N-methyl/N-ethyl adjacent to an activating group) is 1. The molecule has 2 amide bonds. The Hall–Kier alpha value is -4.43. The van der Waals surface area contributed by atoms with Crippen molar-refractivity contribution in [3.63, 3.8) is 0 Å². The first kappa shape index (κ1) is 33.5. The number of aryl methyl sites for hydroxylation is 1. The first-order chi connectivity index (χ1) is 21.9. The summed E-state index contributed by atoms with van der Waals surface area (Å²) in [6.07, 6.45) is 4.90. The molecule has 0 aromatic heterocycles. The van der Waals surface area contributed by atoms with Crippen molar-refractivity contribution in [2.75, 3.05) is 63.6 Å². The Bertz CT molecular complexity index is 1460. The van der Waals surface area contributed by atoms with Gasteiger partial charge in [-0.1, -0.05) is 30.3 Å². The SMILES string of the molecule is CN1CCN(C(=C=O)CCCCOc2ccccc2N(C)C(=O)c2ccc(NC(=O)c3ccccc3CCCCN)cc2)CC1. The number of hydrogen-bond donors (Lipinski definition) is 2. The highest BCUT2D eigenvalue weighted by atomic mass is 16.5. The molecule has 0 bridgehead atoms. The number of ether oxygens (including phenoxy) is 1. The summed E-state index contributed by atoms with van der Waals surface area (Å²) in [4.78, 5) is 43.9. The van der Waals surface area contributed by atoms with E-state index in [9.17, 15) is 14.4 Å². The van der Waals surface area contributed by atoms with E-state index < -0.39 is 0 Å². The van der Waals surface area contributed by atoms with E-state index in [0.717, 1.165) is 69.5 Å². The number of amides is 2. The number of allylic oxidation sites excluding steroid dienone is 1. The Morgan fingerprint density at radius 1 is 0.911 bits per heavy atom. The first-order valence-electron chi connectivity index (χ1n) is 15.8. The van der Waals surface area contributed by atoms with Crippen molar-refractivity contribution in [2.24, 2.45) is 5.73 Å². The third-order valence-corrected chi connectivity index (χ3v) is 8.15. The van der Waals surface area contributed by atoms with Crippen LogP contribution in [0.15, 0.2) is 78.5 Å². The number of hydrogen-bond acceptors (Lipinski definition) is 7. The van der Waals surface area contributed by atoms with Crippen LogP contribution in [0.5, 0.6) is 5.75 Å². The molecule has 3 N–H and O–H groups in total. The minimum Gasteiger partial charge on any atom is -0.491 e. The van der Waals surface area contributed by atoms with Crippen molar-refractivity contribution < 1.29 is 19.1 Å². The predicted octanol–water partition coefficient (Wildman–Crippen LogP) is 5.01. The van der Waals surface area contributed by atoms with E-state index in [-0.39, 0.29) is 11.8 Å². The van der Waals surface area contributed by atoms with Gasteiger partial charge >= 0.3 is 0 Å². The Morgan fingerprint density at radius 3 is 2.36 bits per heavy atom. The van der Waals surface area contributed by atoms with Crippen LogP contribution >= 0.6 is 0 Å². The molecule has 4 rings (SSSR count). The highest BCUT2D eigenvalue weighted by molar-refractivity contribution is 6.08. The molecule has 1 aliphatic rings. The number of benzene rings is 3. The van der Waals surface area contributed by atoms with Crippen molar-refractivity contribution in [1.29, 1.82) is 0 Å². The fourth-order valence-corrected chi connectivity index (χ4v) is 5.40. The van der Waals surface area contributed by atoms with Gasteiger partial charge in [0.25, 0.3) is 11.8 Å². The lowest BCUT2D eigenvalue weighted by molar-refractivity contribution is 0.0990. The zero-order chi connectivity index (χ0) is 32.0. The number of para-hydroxylation sites is 2. The van der Waals surface area contributed by atoms with Crippen LogP contribution < -0.4 is 20.7 Å². The second-order valence-electron chi connectivity index (χ2n) is 11.4. The summed E-state index contributed by atoms with van der Waals surface area (Å²) in [6.45, 7) is 4.71. The summed E-state index contributed by atoms with van der Waals surface area (Å²) >= 11 is 0. The van der Waals surface area contributed by atoms with Crippen LogP contribution in [0.2, 0.25) is 0 Å². The number of nitrogens with zero attached hydrogens (tertiary/aromatic N) is 3. The van der Waals surface area contributed by atoms with Crippen LogP contribution in [0.4, 0.5) is 11.4 Å². The van der Waals surface area contributed by atoms with Gasteiger partial charge in [-0.3, -0.25) is 9.59 Å². The van der Waals surface area contributed by atoms with Crippen molar-refractivity contribution in [2.45, 2.75) is 38.5 Å². The quantitative estimate of drug-likeness (QED) is 0.184. The number of anilines is 2. The molecule has 3 aromatic carbocycles. The van der Waals surface area contributed by atoms with E-state index in [0.29, 0.717) is 47.8 Å². The van der Waals surface area contributed by atoms with E-state index in [4.69, 9.17) is 10.5 Å². The van der Waals surface area contributed by atoms with Gasteiger partial charge < -0.3 is 30.5 Å². The summed E-state index contributed by atoms with van der Waals surface area (Å²) in [5.74, 6) is 2.39. The summed E-state index contributed by atoms with van der Waals surface area (Å²) in [6, 6.07) is 22.0. The molecule has 0 radical (unpaired) electrons. The summed E-state index contributed by atoms with van der Waals surface area (Å²) in [5, 5.41) is 2.95. The second-order valence-corrected chi connectivity index (χ2v) is 11.4. The molecule has 0 unspecified atom stereocenters. The van der Waals surface area contributed by atoms with Gasteiger partial charge in [-0.05, 0) is 100 Å². The molecule has 0 spiro atoms. The van der Waals surface area contributed by atoms with Gasteiger partial charge in [0, 0.05) is 50.0 Å². The van der Waals surface area contributed by atoms with E-state index in [1.807, 2.05) is 48.5 Å². The number of piperazine rings is 1.